The molecule has 0 saturated heterocycles. The summed E-state index contributed by atoms with van der Waals surface area (Å²) in [5, 5.41) is 21.6. The third-order valence-electron chi connectivity index (χ3n) is 5.37. The molecule has 0 aromatic carbocycles. The topological polar surface area (TPSA) is 196 Å². The second-order valence-electron chi connectivity index (χ2n) is 11.4. The molecule has 1 unspecified atom stereocenters. The number of esters is 1. The number of H-pyrrole nitrogens is 1. The molecule has 0 aliphatic rings. The normalized spacial score (nSPS) is 12.5. The number of aromatic amines is 1. The number of nitrogens with zero attached hydrogens (tertiary/aromatic N) is 5. The van der Waals surface area contributed by atoms with Crippen molar-refractivity contribution in [2.45, 2.75) is 95.2 Å². The molecule has 3 heterocycles. The van der Waals surface area contributed by atoms with Crippen molar-refractivity contribution < 1.29 is 28.8 Å². The Morgan fingerprint density at radius 2 is 1.81 bits per heavy atom. The van der Waals surface area contributed by atoms with Crippen molar-refractivity contribution >= 4 is 41.2 Å². The number of imidazole rings is 2. The average molecular weight is 605 g/mol. The lowest BCUT2D eigenvalue weighted by atomic mass is 10.1. The molecule has 0 radical (unpaired) electrons. The largest absolute Gasteiger partial charge is 0.458 e. The van der Waals surface area contributed by atoms with Crippen molar-refractivity contribution in [3.05, 3.63) is 39.8 Å². The molecule has 228 valence electrons. The summed E-state index contributed by atoms with van der Waals surface area (Å²) in [6.07, 6.45) is 1.92. The van der Waals surface area contributed by atoms with Gasteiger partial charge in [-0.05, 0) is 90.5 Å². The van der Waals surface area contributed by atoms with Gasteiger partial charge in [0.15, 0.2) is 5.16 Å². The number of nitro groups is 1. The molecule has 3 aromatic heterocycles. The summed E-state index contributed by atoms with van der Waals surface area (Å²) < 4.78 is 11.8. The van der Waals surface area contributed by atoms with Crippen LogP contribution in [0.1, 0.15) is 77.0 Å². The first-order valence-electron chi connectivity index (χ1n) is 13.3. The maximum absolute atomic E-state index is 13.2. The molecule has 0 saturated carbocycles. The molecule has 16 heteroatoms. The van der Waals surface area contributed by atoms with Gasteiger partial charge in [-0.15, -0.1) is 0 Å². The predicted octanol–water partition coefficient (Wildman–Crippen LogP) is 3.96. The SMILES string of the molecule is Cc1[nH]c(Sc2ccc3ncc([N+](=O)[O-])n3n2)nc1C(=O)NC(CCCCNC(=O)OC(C)(C)C)C(=O)OC(C)(C)C. The fourth-order valence-electron chi connectivity index (χ4n) is 3.65. The van der Waals surface area contributed by atoms with Gasteiger partial charge in [-0.25, -0.2) is 19.6 Å². The molecule has 2 amide bonds. The zero-order chi connectivity index (χ0) is 31.2. The lowest BCUT2D eigenvalue weighted by Crippen LogP contribution is -2.44. The minimum atomic E-state index is -0.948. The van der Waals surface area contributed by atoms with Crippen molar-refractivity contribution in [2.24, 2.45) is 0 Å². The zero-order valence-electron chi connectivity index (χ0n) is 24.6. The standard InChI is InChI=1S/C26H36N8O7S/c1-15-20(31-23(29-15)42-18-12-11-17-28-14-19(34(38)39)33(17)32-18)21(35)30-16(22(36)40-25(2,3)4)10-8-9-13-27-24(37)41-26(5,6)7/h11-12,14,16H,8-10,13H2,1-7H3,(H,27,37)(H,29,31)(H,30,35). The number of fused-ring (bicyclic) bond motifs is 1. The molecule has 0 aliphatic heterocycles. The average Bonchev–Trinajstić information content (AvgIpc) is 3.43. The van der Waals surface area contributed by atoms with Gasteiger partial charge in [0.25, 0.3) is 5.91 Å². The van der Waals surface area contributed by atoms with Crippen LogP contribution >= 0.6 is 11.8 Å². The van der Waals surface area contributed by atoms with Crippen LogP contribution in [-0.4, -0.2) is 71.2 Å². The van der Waals surface area contributed by atoms with Gasteiger partial charge in [-0.2, -0.15) is 0 Å². The fourth-order valence-corrected chi connectivity index (χ4v) is 4.45. The van der Waals surface area contributed by atoms with Gasteiger partial charge in [0.05, 0.1) is 0 Å². The van der Waals surface area contributed by atoms with E-state index in [0.29, 0.717) is 40.9 Å². The Morgan fingerprint density at radius 1 is 1.12 bits per heavy atom. The van der Waals surface area contributed by atoms with Gasteiger partial charge in [0, 0.05) is 18.3 Å². The number of amides is 2. The first kappa shape index (κ1) is 32.3. The van der Waals surface area contributed by atoms with E-state index in [1.165, 1.54) is 0 Å². The van der Waals surface area contributed by atoms with E-state index in [9.17, 15) is 24.5 Å². The van der Waals surface area contributed by atoms with Crippen LogP contribution in [-0.2, 0) is 14.3 Å². The van der Waals surface area contributed by atoms with E-state index in [2.05, 4.69) is 30.7 Å². The van der Waals surface area contributed by atoms with Gasteiger partial charge < -0.3 is 35.2 Å². The highest BCUT2D eigenvalue weighted by Crippen LogP contribution is 2.26. The number of aryl methyl sites for hydroxylation is 1. The van der Waals surface area contributed by atoms with Crippen LogP contribution in [0, 0.1) is 17.0 Å². The third-order valence-corrected chi connectivity index (χ3v) is 6.18. The smallest absolute Gasteiger partial charge is 0.407 e. The van der Waals surface area contributed by atoms with Crippen molar-refractivity contribution in [2.75, 3.05) is 6.54 Å². The lowest BCUT2D eigenvalue weighted by Gasteiger charge is -2.24. The summed E-state index contributed by atoms with van der Waals surface area (Å²) in [4.78, 5) is 59.9. The van der Waals surface area contributed by atoms with Crippen molar-refractivity contribution in [1.82, 2.24) is 35.2 Å². The molecule has 0 bridgehead atoms. The molecule has 0 fully saturated rings. The van der Waals surface area contributed by atoms with Crippen LogP contribution in [0.4, 0.5) is 10.6 Å². The second-order valence-corrected chi connectivity index (χ2v) is 12.4. The van der Waals surface area contributed by atoms with Gasteiger partial charge in [-0.3, -0.25) is 4.79 Å². The first-order valence-corrected chi connectivity index (χ1v) is 14.1. The Morgan fingerprint density at radius 3 is 2.45 bits per heavy atom. The molecule has 0 aliphatic carbocycles. The van der Waals surface area contributed by atoms with Crippen LogP contribution in [0.5, 0.6) is 0 Å². The molecule has 0 spiro atoms. The zero-order valence-corrected chi connectivity index (χ0v) is 25.5. The highest BCUT2D eigenvalue weighted by molar-refractivity contribution is 7.99. The number of aromatic nitrogens is 5. The summed E-state index contributed by atoms with van der Waals surface area (Å²) in [5.74, 6) is -1.44. The first-order chi connectivity index (χ1) is 19.5. The Balaban J connectivity index is 1.66. The second kappa shape index (κ2) is 13.2. The number of alkyl carbamates (subject to hydrolysis) is 1. The number of nitrogens with one attached hydrogen (secondary N) is 3. The van der Waals surface area contributed by atoms with Crippen LogP contribution in [0.2, 0.25) is 0 Å². The van der Waals surface area contributed by atoms with Crippen LogP contribution in [0.3, 0.4) is 0 Å². The van der Waals surface area contributed by atoms with Crippen molar-refractivity contribution in [3.63, 3.8) is 0 Å². The van der Waals surface area contributed by atoms with E-state index in [4.69, 9.17) is 9.47 Å². The minimum Gasteiger partial charge on any atom is -0.458 e. The Hall–Kier alpha value is -4.21. The lowest BCUT2D eigenvalue weighted by molar-refractivity contribution is -0.391. The number of rotatable bonds is 11. The van der Waals surface area contributed by atoms with Gasteiger partial charge in [0.1, 0.15) is 34.2 Å². The van der Waals surface area contributed by atoms with Gasteiger partial charge in [-0.1, -0.05) is 9.61 Å². The molecule has 42 heavy (non-hydrogen) atoms. The molecule has 3 aromatic rings. The highest BCUT2D eigenvalue weighted by atomic mass is 32.2. The molecule has 1 atom stereocenters. The molecule has 15 nitrogen and oxygen atoms in total. The quantitative estimate of drug-likeness (QED) is 0.124. The van der Waals surface area contributed by atoms with E-state index >= 15 is 0 Å². The number of unbranched alkanes of at least 4 members (excludes halogenated alkanes) is 1. The minimum absolute atomic E-state index is 0.0762. The summed E-state index contributed by atoms with van der Waals surface area (Å²) in [6, 6.07) is 2.27. The highest BCUT2D eigenvalue weighted by Gasteiger charge is 2.28. The monoisotopic (exact) mass is 604 g/mol. The molecular weight excluding hydrogens is 568 g/mol. The molecule has 3 N–H and O–H groups in total. The third kappa shape index (κ3) is 9.43. The van der Waals surface area contributed by atoms with E-state index in [-0.39, 0.29) is 17.9 Å². The van der Waals surface area contributed by atoms with Crippen LogP contribution in [0.25, 0.3) is 5.65 Å². The maximum Gasteiger partial charge on any atom is 0.407 e. The maximum atomic E-state index is 13.2. The Bertz CT molecular complexity index is 1450. The number of hydrogen-bond donors (Lipinski definition) is 3. The van der Waals surface area contributed by atoms with E-state index < -0.39 is 40.1 Å². The van der Waals surface area contributed by atoms with E-state index in [1.807, 2.05) is 0 Å². The predicted molar refractivity (Wildman–Crippen MR) is 152 cm³/mol. The Labute approximate surface area is 246 Å². The van der Waals surface area contributed by atoms with E-state index in [1.54, 1.807) is 60.6 Å². The number of carbonyl (C=O) groups is 3. The molecule has 3 rings (SSSR count). The Kier molecular flexibility index (Phi) is 10.1. The van der Waals surface area contributed by atoms with Gasteiger partial charge in [0.2, 0.25) is 5.65 Å². The summed E-state index contributed by atoms with van der Waals surface area (Å²) in [7, 11) is 0. The van der Waals surface area contributed by atoms with E-state index in [0.717, 1.165) is 22.5 Å². The number of hydrogen-bond acceptors (Lipinski definition) is 11. The fraction of sp³-hybridized carbons (Fsp3) is 0.538. The molecular formula is C26H36N8O7S. The number of ether oxygens (including phenoxy) is 2. The van der Waals surface area contributed by atoms with Crippen molar-refractivity contribution in [1.29, 1.82) is 0 Å². The van der Waals surface area contributed by atoms with Crippen LogP contribution in [0.15, 0.2) is 28.5 Å². The van der Waals surface area contributed by atoms with Crippen LogP contribution < -0.4 is 10.6 Å². The summed E-state index contributed by atoms with van der Waals surface area (Å²) in [6.45, 7) is 12.5. The van der Waals surface area contributed by atoms with Crippen molar-refractivity contribution in [3.8, 4) is 0 Å². The number of carbonyl (C=O) groups excluding carboxylic acids is 3. The van der Waals surface area contributed by atoms with Gasteiger partial charge >= 0.3 is 17.9 Å². The summed E-state index contributed by atoms with van der Waals surface area (Å²) >= 11 is 1.07. The summed E-state index contributed by atoms with van der Waals surface area (Å²) in [5.41, 5.74) is -0.524.